The lowest BCUT2D eigenvalue weighted by molar-refractivity contribution is -0.137. The van der Waals surface area contributed by atoms with E-state index in [1.54, 1.807) is 0 Å². The standard InChI is InChI=1S/C13H8F3N3O2/c14-13(15,16)8-1-2-9-10(4-8)18-11(19-12(9)20)3-7-5-17-21-6-7/h1-2,4-6H,3H2,(H,18,19,20). The van der Waals surface area contributed by atoms with Gasteiger partial charge in [0.05, 0.1) is 22.7 Å². The first-order valence-electron chi connectivity index (χ1n) is 5.92. The van der Waals surface area contributed by atoms with Gasteiger partial charge < -0.3 is 9.51 Å². The van der Waals surface area contributed by atoms with Crippen LogP contribution in [-0.4, -0.2) is 15.1 Å². The van der Waals surface area contributed by atoms with Gasteiger partial charge in [-0.3, -0.25) is 4.79 Å². The Kier molecular flexibility index (Phi) is 3.00. The number of rotatable bonds is 2. The van der Waals surface area contributed by atoms with Gasteiger partial charge in [-0.1, -0.05) is 5.16 Å². The minimum Gasteiger partial charge on any atom is -0.364 e. The minimum atomic E-state index is -4.48. The monoisotopic (exact) mass is 295 g/mol. The van der Waals surface area contributed by atoms with Crippen molar-refractivity contribution in [2.45, 2.75) is 12.6 Å². The number of fused-ring (bicyclic) bond motifs is 1. The van der Waals surface area contributed by atoms with E-state index < -0.39 is 17.3 Å². The molecule has 2 aromatic heterocycles. The van der Waals surface area contributed by atoms with Gasteiger partial charge in [0.2, 0.25) is 0 Å². The van der Waals surface area contributed by atoms with E-state index in [0.717, 1.165) is 18.2 Å². The summed E-state index contributed by atoms with van der Waals surface area (Å²) in [5, 5.41) is 3.61. The first kappa shape index (κ1) is 13.3. The van der Waals surface area contributed by atoms with Crippen LogP contribution in [0, 0.1) is 0 Å². The molecule has 8 heteroatoms. The minimum absolute atomic E-state index is 0.0000269. The van der Waals surface area contributed by atoms with Gasteiger partial charge in [-0.05, 0) is 18.2 Å². The van der Waals surface area contributed by atoms with E-state index in [9.17, 15) is 18.0 Å². The number of aromatic nitrogens is 3. The zero-order chi connectivity index (χ0) is 15.0. The van der Waals surface area contributed by atoms with Gasteiger partial charge >= 0.3 is 6.18 Å². The molecular weight excluding hydrogens is 287 g/mol. The molecule has 1 aromatic carbocycles. The van der Waals surface area contributed by atoms with Crippen LogP contribution in [0.15, 0.2) is 40.0 Å². The third kappa shape index (κ3) is 2.64. The Labute approximate surface area is 115 Å². The third-order valence-corrected chi connectivity index (χ3v) is 2.94. The summed E-state index contributed by atoms with van der Waals surface area (Å²) in [6.07, 6.45) is -1.45. The molecular formula is C13H8F3N3O2. The zero-order valence-electron chi connectivity index (χ0n) is 10.4. The highest BCUT2D eigenvalue weighted by atomic mass is 19.4. The predicted molar refractivity (Wildman–Crippen MR) is 66.7 cm³/mol. The van der Waals surface area contributed by atoms with Gasteiger partial charge in [0.1, 0.15) is 12.1 Å². The summed E-state index contributed by atoms with van der Waals surface area (Å²) in [4.78, 5) is 18.5. The molecule has 3 rings (SSSR count). The Hall–Kier alpha value is -2.64. The van der Waals surface area contributed by atoms with Gasteiger partial charge in [-0.2, -0.15) is 13.2 Å². The van der Waals surface area contributed by atoms with E-state index in [4.69, 9.17) is 0 Å². The molecule has 0 aliphatic carbocycles. The van der Waals surface area contributed by atoms with E-state index in [0.29, 0.717) is 5.56 Å². The smallest absolute Gasteiger partial charge is 0.364 e. The maximum atomic E-state index is 12.7. The van der Waals surface area contributed by atoms with Crippen LogP contribution in [-0.2, 0) is 12.6 Å². The van der Waals surface area contributed by atoms with E-state index in [1.165, 1.54) is 12.5 Å². The van der Waals surface area contributed by atoms with Gasteiger partial charge in [0.25, 0.3) is 5.56 Å². The summed E-state index contributed by atoms with van der Waals surface area (Å²) in [6.45, 7) is 0. The Balaban J connectivity index is 2.10. The first-order chi connectivity index (χ1) is 9.93. The van der Waals surface area contributed by atoms with Crippen molar-refractivity contribution in [1.29, 1.82) is 0 Å². The average molecular weight is 295 g/mol. The molecule has 0 bridgehead atoms. The van der Waals surface area contributed by atoms with Crippen molar-refractivity contribution in [3.63, 3.8) is 0 Å². The molecule has 3 aromatic rings. The normalized spacial score (nSPS) is 12.0. The Morgan fingerprint density at radius 2 is 2.10 bits per heavy atom. The number of alkyl halides is 3. The maximum absolute atomic E-state index is 12.7. The third-order valence-electron chi connectivity index (χ3n) is 2.94. The summed E-state index contributed by atoms with van der Waals surface area (Å²) >= 11 is 0. The van der Waals surface area contributed by atoms with E-state index in [2.05, 4.69) is 19.6 Å². The second kappa shape index (κ2) is 4.72. The largest absolute Gasteiger partial charge is 0.416 e. The highest BCUT2D eigenvalue weighted by Crippen LogP contribution is 2.30. The number of halogens is 3. The lowest BCUT2D eigenvalue weighted by atomic mass is 10.1. The van der Waals surface area contributed by atoms with Gasteiger partial charge in [0.15, 0.2) is 0 Å². The topological polar surface area (TPSA) is 71.8 Å². The van der Waals surface area contributed by atoms with Crippen LogP contribution in [0.1, 0.15) is 17.0 Å². The number of hydrogen-bond acceptors (Lipinski definition) is 4. The molecule has 108 valence electrons. The van der Waals surface area contributed by atoms with E-state index in [1.807, 2.05) is 0 Å². The molecule has 0 saturated heterocycles. The summed E-state index contributed by atoms with van der Waals surface area (Å²) in [5.41, 5.74) is -0.672. The lowest BCUT2D eigenvalue weighted by Gasteiger charge is -2.07. The fourth-order valence-corrected chi connectivity index (χ4v) is 1.96. The van der Waals surface area contributed by atoms with Crippen LogP contribution in [0.2, 0.25) is 0 Å². The molecule has 0 unspecified atom stereocenters. The SMILES string of the molecule is O=c1[nH]c(Cc2cnoc2)nc2cc(C(F)(F)F)ccc12. The van der Waals surface area contributed by atoms with Crippen LogP contribution in [0.4, 0.5) is 13.2 Å². The molecule has 0 saturated carbocycles. The van der Waals surface area contributed by atoms with Crippen molar-refractivity contribution in [2.75, 3.05) is 0 Å². The Morgan fingerprint density at radius 1 is 1.29 bits per heavy atom. The second-order valence-electron chi connectivity index (χ2n) is 4.45. The summed E-state index contributed by atoms with van der Waals surface area (Å²) < 4.78 is 42.7. The van der Waals surface area contributed by atoms with E-state index in [-0.39, 0.29) is 23.1 Å². The van der Waals surface area contributed by atoms with E-state index >= 15 is 0 Å². The first-order valence-corrected chi connectivity index (χ1v) is 5.92. The summed E-state index contributed by atoms with van der Waals surface area (Å²) in [5.74, 6) is 0.245. The van der Waals surface area contributed by atoms with Crippen LogP contribution < -0.4 is 5.56 Å². The van der Waals surface area contributed by atoms with Crippen molar-refractivity contribution < 1.29 is 17.7 Å². The fourth-order valence-electron chi connectivity index (χ4n) is 1.96. The number of nitrogens with zero attached hydrogens (tertiary/aromatic N) is 2. The van der Waals surface area contributed by atoms with Crippen molar-refractivity contribution in [1.82, 2.24) is 15.1 Å². The van der Waals surface area contributed by atoms with Gasteiger partial charge in [-0.25, -0.2) is 4.98 Å². The van der Waals surface area contributed by atoms with Crippen molar-refractivity contribution in [2.24, 2.45) is 0 Å². The molecule has 0 aliphatic heterocycles. The Bertz CT molecular complexity index is 838. The highest BCUT2D eigenvalue weighted by Gasteiger charge is 2.30. The molecule has 2 heterocycles. The quantitative estimate of drug-likeness (QED) is 0.788. The van der Waals surface area contributed by atoms with Crippen LogP contribution in [0.5, 0.6) is 0 Å². The average Bonchev–Trinajstić information content (AvgIpc) is 2.90. The second-order valence-corrected chi connectivity index (χ2v) is 4.45. The van der Waals surface area contributed by atoms with Crippen LogP contribution in [0.3, 0.4) is 0 Å². The fraction of sp³-hybridized carbons (Fsp3) is 0.154. The molecule has 0 radical (unpaired) electrons. The predicted octanol–water partition coefficient (Wildman–Crippen LogP) is 2.52. The molecule has 0 fully saturated rings. The molecule has 1 N–H and O–H groups in total. The van der Waals surface area contributed by atoms with Gasteiger partial charge in [0, 0.05) is 12.0 Å². The van der Waals surface area contributed by atoms with Crippen molar-refractivity contribution in [3.8, 4) is 0 Å². The summed E-state index contributed by atoms with van der Waals surface area (Å²) in [7, 11) is 0. The van der Waals surface area contributed by atoms with Crippen molar-refractivity contribution in [3.05, 3.63) is 58.0 Å². The Morgan fingerprint density at radius 3 is 2.76 bits per heavy atom. The molecule has 0 aliphatic rings. The molecule has 0 amide bonds. The number of hydrogen-bond donors (Lipinski definition) is 1. The molecule has 0 spiro atoms. The molecule has 0 atom stereocenters. The molecule has 21 heavy (non-hydrogen) atoms. The van der Waals surface area contributed by atoms with Gasteiger partial charge in [-0.15, -0.1) is 0 Å². The number of nitrogens with one attached hydrogen (secondary N) is 1. The number of aromatic amines is 1. The molecule has 5 nitrogen and oxygen atoms in total. The number of benzene rings is 1. The number of H-pyrrole nitrogens is 1. The zero-order valence-corrected chi connectivity index (χ0v) is 10.4. The lowest BCUT2D eigenvalue weighted by Crippen LogP contribution is -2.13. The highest BCUT2D eigenvalue weighted by molar-refractivity contribution is 5.78. The van der Waals surface area contributed by atoms with Crippen LogP contribution in [0.25, 0.3) is 10.9 Å². The summed E-state index contributed by atoms with van der Waals surface area (Å²) in [6, 6.07) is 2.84. The maximum Gasteiger partial charge on any atom is 0.416 e. The van der Waals surface area contributed by atoms with Crippen molar-refractivity contribution >= 4 is 10.9 Å². The van der Waals surface area contributed by atoms with Crippen LogP contribution >= 0.6 is 0 Å².